The quantitative estimate of drug-likeness (QED) is 0.850. The van der Waals surface area contributed by atoms with Gasteiger partial charge in [0.25, 0.3) is 0 Å². The van der Waals surface area contributed by atoms with Crippen LogP contribution in [-0.4, -0.2) is 16.8 Å². The summed E-state index contributed by atoms with van der Waals surface area (Å²) < 4.78 is 13.5. The third-order valence-corrected chi connectivity index (χ3v) is 4.04. The van der Waals surface area contributed by atoms with Crippen LogP contribution in [0.25, 0.3) is 0 Å². The summed E-state index contributed by atoms with van der Waals surface area (Å²) in [7, 11) is 0. The molecule has 1 heterocycles. The standard InChI is InChI=1S/C18H18FN3O2/c19-16-7-2-1-5-12(16)10-21-17(23)14-9-15(14)18(24)22-11-13-6-3-4-8-20-13/h1-8,14-15H,9-11H2,(H,21,23)(H,22,24). The highest BCUT2D eigenvalue weighted by Crippen LogP contribution is 2.38. The van der Waals surface area contributed by atoms with Crippen LogP contribution in [0.1, 0.15) is 17.7 Å². The summed E-state index contributed by atoms with van der Waals surface area (Å²) in [6.45, 7) is 0.476. The minimum Gasteiger partial charge on any atom is -0.352 e. The van der Waals surface area contributed by atoms with Gasteiger partial charge in [0.1, 0.15) is 5.82 Å². The number of halogens is 1. The summed E-state index contributed by atoms with van der Waals surface area (Å²) in [5.41, 5.74) is 1.20. The topological polar surface area (TPSA) is 71.1 Å². The molecule has 1 aliphatic rings. The Morgan fingerprint density at radius 3 is 2.33 bits per heavy atom. The van der Waals surface area contributed by atoms with E-state index in [2.05, 4.69) is 15.6 Å². The second-order valence-corrected chi connectivity index (χ2v) is 5.80. The summed E-state index contributed by atoms with van der Waals surface area (Å²) in [6.07, 6.45) is 2.19. The minimum atomic E-state index is -0.349. The monoisotopic (exact) mass is 327 g/mol. The number of nitrogens with one attached hydrogen (secondary N) is 2. The van der Waals surface area contributed by atoms with Crippen molar-refractivity contribution >= 4 is 11.8 Å². The van der Waals surface area contributed by atoms with Crippen LogP contribution < -0.4 is 10.6 Å². The van der Waals surface area contributed by atoms with Crippen LogP contribution >= 0.6 is 0 Å². The van der Waals surface area contributed by atoms with E-state index in [4.69, 9.17) is 0 Å². The van der Waals surface area contributed by atoms with Crippen LogP contribution in [-0.2, 0) is 22.7 Å². The molecule has 1 aromatic heterocycles. The smallest absolute Gasteiger partial charge is 0.224 e. The average molecular weight is 327 g/mol. The Morgan fingerprint density at radius 2 is 1.67 bits per heavy atom. The Morgan fingerprint density at radius 1 is 1.00 bits per heavy atom. The Balaban J connectivity index is 1.43. The molecule has 24 heavy (non-hydrogen) atoms. The fraction of sp³-hybridized carbons (Fsp3) is 0.278. The van der Waals surface area contributed by atoms with Crippen LogP contribution in [0.3, 0.4) is 0 Å². The van der Waals surface area contributed by atoms with E-state index in [1.165, 1.54) is 6.07 Å². The van der Waals surface area contributed by atoms with Crippen LogP contribution in [0.2, 0.25) is 0 Å². The van der Waals surface area contributed by atoms with Crippen molar-refractivity contribution in [3.63, 3.8) is 0 Å². The van der Waals surface area contributed by atoms with Gasteiger partial charge in [-0.2, -0.15) is 0 Å². The zero-order valence-electron chi connectivity index (χ0n) is 13.0. The summed E-state index contributed by atoms with van der Waals surface area (Å²) >= 11 is 0. The third kappa shape index (κ3) is 3.95. The van der Waals surface area contributed by atoms with Crippen LogP contribution in [0.15, 0.2) is 48.7 Å². The van der Waals surface area contributed by atoms with Crippen LogP contribution in [0, 0.1) is 17.7 Å². The molecule has 1 aliphatic carbocycles. The molecule has 1 aromatic carbocycles. The molecule has 2 unspecified atom stereocenters. The number of nitrogens with zero attached hydrogens (tertiary/aromatic N) is 1. The van der Waals surface area contributed by atoms with Gasteiger partial charge in [-0.25, -0.2) is 4.39 Å². The highest BCUT2D eigenvalue weighted by molar-refractivity contribution is 5.92. The number of rotatable bonds is 6. The number of carbonyl (C=O) groups excluding carboxylic acids is 2. The van der Waals surface area contributed by atoms with E-state index in [0.29, 0.717) is 18.5 Å². The fourth-order valence-electron chi connectivity index (χ4n) is 2.54. The molecule has 0 bridgehead atoms. The molecule has 2 atom stereocenters. The maximum Gasteiger partial charge on any atom is 0.224 e. The Bertz CT molecular complexity index is 736. The van der Waals surface area contributed by atoms with Crippen LogP contribution in [0.4, 0.5) is 4.39 Å². The number of amides is 2. The molecule has 0 radical (unpaired) electrons. The largest absolute Gasteiger partial charge is 0.352 e. The van der Waals surface area contributed by atoms with Crippen LogP contribution in [0.5, 0.6) is 0 Å². The average Bonchev–Trinajstić information content (AvgIpc) is 3.40. The van der Waals surface area contributed by atoms with Crippen molar-refractivity contribution in [1.29, 1.82) is 0 Å². The summed E-state index contributed by atoms with van der Waals surface area (Å²) in [5, 5.41) is 5.48. The maximum absolute atomic E-state index is 13.5. The molecule has 1 fully saturated rings. The van der Waals surface area contributed by atoms with Crippen molar-refractivity contribution < 1.29 is 14.0 Å². The van der Waals surface area contributed by atoms with Gasteiger partial charge in [0.2, 0.25) is 11.8 Å². The van der Waals surface area contributed by atoms with E-state index in [1.807, 2.05) is 18.2 Å². The van der Waals surface area contributed by atoms with Gasteiger partial charge >= 0.3 is 0 Å². The molecule has 1 saturated carbocycles. The highest BCUT2D eigenvalue weighted by Gasteiger charge is 2.47. The molecule has 0 aliphatic heterocycles. The molecule has 0 spiro atoms. The van der Waals surface area contributed by atoms with E-state index in [0.717, 1.165) is 5.69 Å². The van der Waals surface area contributed by atoms with E-state index in [-0.39, 0.29) is 36.0 Å². The lowest BCUT2D eigenvalue weighted by Crippen LogP contribution is -2.30. The number of aromatic nitrogens is 1. The first-order chi connectivity index (χ1) is 11.6. The van der Waals surface area contributed by atoms with E-state index < -0.39 is 0 Å². The van der Waals surface area contributed by atoms with Crippen molar-refractivity contribution in [2.45, 2.75) is 19.5 Å². The first-order valence-corrected chi connectivity index (χ1v) is 7.84. The fourth-order valence-corrected chi connectivity index (χ4v) is 2.54. The second-order valence-electron chi connectivity index (χ2n) is 5.80. The molecule has 3 rings (SSSR count). The number of hydrogen-bond donors (Lipinski definition) is 2. The van der Waals surface area contributed by atoms with Gasteiger partial charge in [-0.15, -0.1) is 0 Å². The first-order valence-electron chi connectivity index (χ1n) is 7.84. The predicted octanol–water partition coefficient (Wildman–Crippen LogP) is 1.79. The molecule has 6 heteroatoms. The van der Waals surface area contributed by atoms with Crippen molar-refractivity contribution in [3.8, 4) is 0 Å². The molecule has 5 nitrogen and oxygen atoms in total. The van der Waals surface area contributed by atoms with Gasteiger partial charge < -0.3 is 10.6 Å². The third-order valence-electron chi connectivity index (χ3n) is 4.04. The van der Waals surface area contributed by atoms with Gasteiger partial charge in [-0.1, -0.05) is 24.3 Å². The maximum atomic E-state index is 13.5. The van der Waals surface area contributed by atoms with Crippen molar-refractivity contribution in [2.75, 3.05) is 0 Å². The SMILES string of the molecule is O=C(NCc1ccccn1)C1CC1C(=O)NCc1ccccc1F. The minimum absolute atomic E-state index is 0.129. The van der Waals surface area contributed by atoms with Gasteiger partial charge in [0, 0.05) is 18.3 Å². The molecule has 2 N–H and O–H groups in total. The number of carbonyl (C=O) groups is 2. The lowest BCUT2D eigenvalue weighted by Gasteiger charge is -2.07. The zero-order chi connectivity index (χ0) is 16.9. The van der Waals surface area contributed by atoms with Gasteiger partial charge in [0.15, 0.2) is 0 Å². The Kier molecular flexibility index (Phi) is 4.84. The normalized spacial score (nSPS) is 18.7. The molecule has 2 aromatic rings. The van der Waals surface area contributed by atoms with E-state index >= 15 is 0 Å². The zero-order valence-corrected chi connectivity index (χ0v) is 13.0. The van der Waals surface area contributed by atoms with Gasteiger partial charge in [0.05, 0.1) is 24.1 Å². The molecule has 2 amide bonds. The first kappa shape index (κ1) is 16.1. The Hall–Kier alpha value is -2.76. The number of pyridine rings is 1. The summed E-state index contributed by atoms with van der Waals surface area (Å²) in [6, 6.07) is 11.8. The summed E-state index contributed by atoms with van der Waals surface area (Å²) in [5.74, 6) is -1.35. The second kappa shape index (κ2) is 7.21. The predicted molar refractivity (Wildman–Crippen MR) is 85.9 cm³/mol. The molecule has 124 valence electrons. The van der Waals surface area contributed by atoms with Crippen molar-refractivity contribution in [1.82, 2.24) is 15.6 Å². The Labute approximate surface area is 139 Å². The molecular weight excluding hydrogens is 309 g/mol. The lowest BCUT2D eigenvalue weighted by molar-refractivity contribution is -0.127. The van der Waals surface area contributed by atoms with E-state index in [9.17, 15) is 14.0 Å². The number of benzene rings is 1. The number of hydrogen-bond acceptors (Lipinski definition) is 3. The summed E-state index contributed by atoms with van der Waals surface area (Å²) in [4.78, 5) is 28.2. The molecule has 0 saturated heterocycles. The van der Waals surface area contributed by atoms with Gasteiger partial charge in [-0.05, 0) is 24.6 Å². The van der Waals surface area contributed by atoms with E-state index in [1.54, 1.807) is 24.4 Å². The van der Waals surface area contributed by atoms with Gasteiger partial charge in [-0.3, -0.25) is 14.6 Å². The van der Waals surface area contributed by atoms with Crippen molar-refractivity contribution in [3.05, 3.63) is 65.7 Å². The molecular formula is C18H18FN3O2. The van der Waals surface area contributed by atoms with Crippen molar-refractivity contribution in [2.24, 2.45) is 11.8 Å². The lowest BCUT2D eigenvalue weighted by atomic mass is 10.2. The highest BCUT2D eigenvalue weighted by atomic mass is 19.1.